The van der Waals surface area contributed by atoms with Crippen LogP contribution in [0, 0.1) is 0 Å². The van der Waals surface area contributed by atoms with Crippen LogP contribution in [0.4, 0.5) is 0 Å². The molecule has 1 heterocycles. The molecule has 0 aliphatic heterocycles. The van der Waals surface area contributed by atoms with Gasteiger partial charge in [-0.05, 0) is 57.0 Å². The van der Waals surface area contributed by atoms with Gasteiger partial charge >= 0.3 is 11.7 Å². The van der Waals surface area contributed by atoms with Gasteiger partial charge in [-0.25, -0.2) is 9.59 Å². The van der Waals surface area contributed by atoms with Crippen LogP contribution in [0.5, 0.6) is 11.5 Å². The number of ether oxygens (including phenoxy) is 2. The van der Waals surface area contributed by atoms with Crippen LogP contribution in [-0.4, -0.2) is 40.2 Å². The molecule has 0 saturated carbocycles. The van der Waals surface area contributed by atoms with E-state index in [0.29, 0.717) is 30.1 Å². The minimum atomic E-state index is -1.14. The number of hydrogen-bond acceptors (Lipinski definition) is 6. The summed E-state index contributed by atoms with van der Waals surface area (Å²) in [6.07, 6.45) is 0.184. The highest BCUT2D eigenvalue weighted by atomic mass is 79.9. The number of rotatable bonds is 6. The maximum Gasteiger partial charge on any atom is 0.349 e. The SMILES string of the molecule is COc1cc(C=Nn2c(=O)[nH]c3ccccc3c2=O)c(Br)c(Br)c1O[C@@H](C)C(=O)O. The van der Waals surface area contributed by atoms with Crippen LogP contribution in [-0.2, 0) is 4.79 Å². The quantitative estimate of drug-likeness (QED) is 0.463. The third kappa shape index (κ3) is 4.17. The number of nitrogens with zero attached hydrogens (tertiary/aromatic N) is 2. The third-order valence-electron chi connectivity index (χ3n) is 4.11. The van der Waals surface area contributed by atoms with Gasteiger partial charge in [-0.3, -0.25) is 4.79 Å². The summed E-state index contributed by atoms with van der Waals surface area (Å²) in [6, 6.07) is 8.14. The van der Waals surface area contributed by atoms with Crippen molar-refractivity contribution in [3.63, 3.8) is 0 Å². The molecule has 2 aromatic carbocycles. The van der Waals surface area contributed by atoms with Gasteiger partial charge in [0.1, 0.15) is 0 Å². The van der Waals surface area contributed by atoms with Crippen LogP contribution >= 0.6 is 31.9 Å². The van der Waals surface area contributed by atoms with Crippen molar-refractivity contribution in [1.82, 2.24) is 9.66 Å². The molecule has 0 fully saturated rings. The number of aliphatic carboxylic acids is 1. The first-order valence-corrected chi connectivity index (χ1v) is 10.1. The Hall–Kier alpha value is -2.92. The zero-order valence-electron chi connectivity index (χ0n) is 15.7. The summed E-state index contributed by atoms with van der Waals surface area (Å²) in [6.45, 7) is 1.38. The molecule has 0 aliphatic rings. The van der Waals surface area contributed by atoms with Crippen LogP contribution in [0.3, 0.4) is 0 Å². The van der Waals surface area contributed by atoms with Crippen molar-refractivity contribution in [2.24, 2.45) is 5.10 Å². The van der Waals surface area contributed by atoms with Crippen molar-refractivity contribution in [3.05, 3.63) is 65.7 Å². The molecule has 30 heavy (non-hydrogen) atoms. The predicted octanol–water partition coefficient (Wildman–Crippen LogP) is 2.96. The molecule has 2 N–H and O–H groups in total. The van der Waals surface area contributed by atoms with E-state index >= 15 is 0 Å². The molecule has 0 unspecified atom stereocenters. The summed E-state index contributed by atoms with van der Waals surface area (Å²) < 4.78 is 12.3. The van der Waals surface area contributed by atoms with E-state index in [1.807, 2.05) is 0 Å². The Balaban J connectivity index is 2.08. The van der Waals surface area contributed by atoms with Crippen molar-refractivity contribution in [3.8, 4) is 11.5 Å². The van der Waals surface area contributed by atoms with Crippen molar-refractivity contribution in [1.29, 1.82) is 0 Å². The van der Waals surface area contributed by atoms with Crippen molar-refractivity contribution < 1.29 is 19.4 Å². The maximum atomic E-state index is 12.6. The van der Waals surface area contributed by atoms with Crippen molar-refractivity contribution >= 4 is 54.9 Å². The highest BCUT2D eigenvalue weighted by Gasteiger charge is 2.21. The summed E-state index contributed by atoms with van der Waals surface area (Å²) in [5.74, 6) is -0.725. The summed E-state index contributed by atoms with van der Waals surface area (Å²) in [5.41, 5.74) is -0.387. The Morgan fingerprint density at radius 1 is 1.27 bits per heavy atom. The minimum absolute atomic E-state index is 0.178. The van der Waals surface area contributed by atoms with Gasteiger partial charge in [0, 0.05) is 10.0 Å². The monoisotopic (exact) mass is 539 g/mol. The van der Waals surface area contributed by atoms with Crippen molar-refractivity contribution in [2.75, 3.05) is 7.11 Å². The molecule has 3 rings (SSSR count). The number of H-pyrrole nitrogens is 1. The van der Waals surface area contributed by atoms with E-state index in [9.17, 15) is 14.4 Å². The number of para-hydroxylation sites is 1. The second kappa shape index (κ2) is 8.84. The van der Waals surface area contributed by atoms with Gasteiger partial charge < -0.3 is 19.6 Å². The zero-order valence-corrected chi connectivity index (χ0v) is 18.9. The largest absolute Gasteiger partial charge is 0.493 e. The highest BCUT2D eigenvalue weighted by molar-refractivity contribution is 9.13. The second-order valence-corrected chi connectivity index (χ2v) is 7.65. The van der Waals surface area contributed by atoms with E-state index in [2.05, 4.69) is 41.9 Å². The fourth-order valence-corrected chi connectivity index (χ4v) is 3.48. The number of halogens is 2. The first kappa shape index (κ1) is 21.8. The molecule has 1 aromatic heterocycles. The van der Waals surface area contributed by atoms with Gasteiger partial charge in [0.2, 0.25) is 0 Å². The number of benzene rings is 2. The average Bonchev–Trinajstić information content (AvgIpc) is 2.72. The molecule has 0 aliphatic carbocycles. The minimum Gasteiger partial charge on any atom is -0.493 e. The number of fused-ring (bicyclic) bond motifs is 1. The molecule has 0 bridgehead atoms. The lowest BCUT2D eigenvalue weighted by Crippen LogP contribution is -2.32. The Morgan fingerprint density at radius 2 is 1.97 bits per heavy atom. The molecule has 0 amide bonds. The molecule has 0 radical (unpaired) electrons. The van der Waals surface area contributed by atoms with Crippen LogP contribution in [0.1, 0.15) is 12.5 Å². The predicted molar refractivity (Wildman–Crippen MR) is 118 cm³/mol. The topological polar surface area (TPSA) is 123 Å². The molecule has 11 heteroatoms. The van der Waals surface area contributed by atoms with Gasteiger partial charge in [0.15, 0.2) is 17.6 Å². The number of nitrogens with one attached hydrogen (secondary N) is 1. The summed E-state index contributed by atoms with van der Waals surface area (Å²) in [7, 11) is 1.40. The maximum absolute atomic E-state index is 12.6. The van der Waals surface area contributed by atoms with Gasteiger partial charge in [-0.1, -0.05) is 12.1 Å². The molecular weight excluding hydrogens is 526 g/mol. The summed E-state index contributed by atoms with van der Waals surface area (Å²) >= 11 is 6.72. The Labute approximate surface area is 186 Å². The standard InChI is InChI=1S/C19H15Br2N3O6/c1-9(18(26)27)30-16-13(29-2)7-10(14(20)15(16)21)8-22-24-17(25)11-5-3-4-6-12(11)23-19(24)28/h3-9H,1-2H3,(H,23,28)(H,26,27)/t9-/m0/s1. The summed E-state index contributed by atoms with van der Waals surface area (Å²) in [4.78, 5) is 38.6. The van der Waals surface area contributed by atoms with E-state index in [4.69, 9.17) is 14.6 Å². The smallest absolute Gasteiger partial charge is 0.349 e. The Kier molecular flexibility index (Phi) is 6.42. The number of carboxylic acid groups (broad SMARTS) is 1. The molecule has 3 aromatic rings. The van der Waals surface area contributed by atoms with Crippen LogP contribution in [0.2, 0.25) is 0 Å². The molecule has 1 atom stereocenters. The lowest BCUT2D eigenvalue weighted by Gasteiger charge is -2.17. The number of methoxy groups -OCH3 is 1. The Morgan fingerprint density at radius 3 is 2.63 bits per heavy atom. The normalized spacial score (nSPS) is 12.3. The molecule has 9 nitrogen and oxygen atoms in total. The van der Waals surface area contributed by atoms with Gasteiger partial charge in [0.05, 0.1) is 28.7 Å². The Bertz CT molecular complexity index is 1280. The number of aromatic amines is 1. The number of hydrogen-bond donors (Lipinski definition) is 2. The first-order valence-electron chi connectivity index (χ1n) is 8.48. The fraction of sp³-hybridized carbons (Fsp3) is 0.158. The average molecular weight is 541 g/mol. The van der Waals surface area contributed by atoms with Gasteiger partial charge in [-0.2, -0.15) is 5.10 Å². The van der Waals surface area contributed by atoms with E-state index in [-0.39, 0.29) is 11.5 Å². The van der Waals surface area contributed by atoms with E-state index in [1.54, 1.807) is 24.3 Å². The molecule has 0 spiro atoms. The lowest BCUT2D eigenvalue weighted by atomic mass is 10.2. The van der Waals surface area contributed by atoms with Crippen LogP contribution in [0.15, 0.2) is 54.0 Å². The third-order valence-corrected chi connectivity index (χ3v) is 6.26. The van der Waals surface area contributed by atoms with Gasteiger partial charge in [0.25, 0.3) is 5.56 Å². The number of aromatic nitrogens is 2. The molecular formula is C19H15Br2N3O6. The van der Waals surface area contributed by atoms with Gasteiger partial charge in [-0.15, -0.1) is 4.68 Å². The highest BCUT2D eigenvalue weighted by Crippen LogP contribution is 2.42. The first-order chi connectivity index (χ1) is 14.2. The van der Waals surface area contributed by atoms with E-state index < -0.39 is 23.3 Å². The van der Waals surface area contributed by atoms with Crippen LogP contribution < -0.4 is 20.7 Å². The molecule has 0 saturated heterocycles. The zero-order chi connectivity index (χ0) is 22.0. The molecule has 156 valence electrons. The lowest BCUT2D eigenvalue weighted by molar-refractivity contribution is -0.144. The van der Waals surface area contributed by atoms with Crippen molar-refractivity contribution in [2.45, 2.75) is 13.0 Å². The summed E-state index contributed by atoms with van der Waals surface area (Å²) in [5, 5.41) is 13.4. The fourth-order valence-electron chi connectivity index (χ4n) is 2.57. The van der Waals surface area contributed by atoms with Crippen LogP contribution in [0.25, 0.3) is 10.9 Å². The second-order valence-electron chi connectivity index (χ2n) is 6.06. The van der Waals surface area contributed by atoms with E-state index in [1.165, 1.54) is 26.3 Å². The van der Waals surface area contributed by atoms with E-state index in [0.717, 1.165) is 0 Å². The number of carbonyl (C=O) groups is 1. The number of carboxylic acids is 1.